The van der Waals surface area contributed by atoms with E-state index in [0.717, 1.165) is 22.3 Å². The molecule has 0 fully saturated rings. The summed E-state index contributed by atoms with van der Waals surface area (Å²) in [5, 5.41) is 10.4. The Labute approximate surface area is 233 Å². The summed E-state index contributed by atoms with van der Waals surface area (Å²) in [6, 6.07) is 19.1. The number of hydrogen-bond donors (Lipinski definition) is 1. The summed E-state index contributed by atoms with van der Waals surface area (Å²) in [5.74, 6) is 1.34. The van der Waals surface area contributed by atoms with Gasteiger partial charge in [-0.05, 0) is 50.6 Å². The number of aromatic nitrogens is 3. The van der Waals surface area contributed by atoms with Gasteiger partial charge >= 0.3 is 5.97 Å². The van der Waals surface area contributed by atoms with E-state index >= 15 is 0 Å². The topological polar surface area (TPSA) is 113 Å². The number of ether oxygens (including phenoxy) is 4. The molecule has 1 N–H and O–H groups in total. The highest BCUT2D eigenvalue weighted by Crippen LogP contribution is 2.45. The molecule has 0 aliphatic rings. The molecule has 9 heteroatoms. The Kier molecular flexibility index (Phi) is 9.43. The number of carbonyl (C=O) groups excluding carboxylic acids is 1. The summed E-state index contributed by atoms with van der Waals surface area (Å²) in [7, 11) is 0. The zero-order chi connectivity index (χ0) is 28.5. The van der Waals surface area contributed by atoms with Gasteiger partial charge in [0.1, 0.15) is 29.9 Å². The molecule has 0 radical (unpaired) electrons. The number of hydrogen-bond acceptors (Lipinski definition) is 9. The van der Waals surface area contributed by atoms with Crippen LogP contribution in [0.5, 0.6) is 17.2 Å². The Morgan fingerprint density at radius 2 is 1.45 bits per heavy atom. The number of rotatable bonds is 12. The summed E-state index contributed by atoms with van der Waals surface area (Å²) in [6.45, 7) is 9.49. The van der Waals surface area contributed by atoms with Crippen molar-refractivity contribution in [2.75, 3.05) is 19.8 Å². The Hall–Kier alpha value is -4.76. The molecule has 0 aliphatic heterocycles. The summed E-state index contributed by atoms with van der Waals surface area (Å²) < 4.78 is 23.0. The maximum atomic E-state index is 11.9. The second-order valence-corrected chi connectivity index (χ2v) is 8.67. The van der Waals surface area contributed by atoms with Crippen molar-refractivity contribution in [2.24, 2.45) is 0 Å². The van der Waals surface area contributed by atoms with E-state index in [1.807, 2.05) is 74.5 Å². The van der Waals surface area contributed by atoms with Gasteiger partial charge in [-0.15, -0.1) is 0 Å². The minimum Gasteiger partial charge on any atom is -0.493 e. The smallest absolute Gasteiger partial charge is 0.335 e. The van der Waals surface area contributed by atoms with Crippen LogP contribution in [0, 0.1) is 0 Å². The summed E-state index contributed by atoms with van der Waals surface area (Å²) >= 11 is 0. The fourth-order valence-electron chi connectivity index (χ4n) is 4.07. The van der Waals surface area contributed by atoms with E-state index in [9.17, 15) is 9.90 Å². The first-order valence-corrected chi connectivity index (χ1v) is 12.8. The third kappa shape index (κ3) is 6.62. The number of benzene rings is 3. The van der Waals surface area contributed by atoms with Crippen LogP contribution in [0.1, 0.15) is 20.8 Å². The number of para-hydroxylation sites is 2. The van der Waals surface area contributed by atoms with Crippen molar-refractivity contribution in [3.63, 3.8) is 0 Å². The lowest BCUT2D eigenvalue weighted by atomic mass is 9.92. The molecule has 1 aromatic heterocycles. The molecule has 1 heterocycles. The standard InChI is InChI=1S/C31H31N3O6/c1-5-37-25-13-9-7-11-22(25)21-15-24(23-12-8-10-14-26(23)38-6-2)29(30-33-18-32-19-34-30)27(16-21)39-17-28(35)40-31(36)20(3)4/h7-16,18-19,28,35H,3,5-6,17H2,1-2,4H3. The molecule has 0 saturated carbocycles. The summed E-state index contributed by atoms with van der Waals surface area (Å²) in [4.78, 5) is 24.7. The van der Waals surface area contributed by atoms with Crippen LogP contribution in [-0.2, 0) is 9.53 Å². The van der Waals surface area contributed by atoms with Crippen molar-refractivity contribution in [3.05, 3.63) is 85.5 Å². The zero-order valence-corrected chi connectivity index (χ0v) is 22.7. The van der Waals surface area contributed by atoms with Crippen molar-refractivity contribution in [1.29, 1.82) is 0 Å². The number of nitrogens with zero attached hydrogens (tertiary/aromatic N) is 3. The van der Waals surface area contributed by atoms with E-state index in [2.05, 4.69) is 21.5 Å². The largest absolute Gasteiger partial charge is 0.493 e. The van der Waals surface area contributed by atoms with Crippen molar-refractivity contribution < 1.29 is 28.8 Å². The average molecular weight is 542 g/mol. The van der Waals surface area contributed by atoms with E-state index in [0.29, 0.717) is 41.9 Å². The number of carbonyl (C=O) groups is 1. The van der Waals surface area contributed by atoms with Gasteiger partial charge in [0.2, 0.25) is 6.29 Å². The van der Waals surface area contributed by atoms with Crippen molar-refractivity contribution in [2.45, 2.75) is 27.1 Å². The Morgan fingerprint density at radius 1 is 0.850 bits per heavy atom. The van der Waals surface area contributed by atoms with Crippen LogP contribution in [0.3, 0.4) is 0 Å². The molecule has 0 saturated heterocycles. The van der Waals surface area contributed by atoms with Crippen LogP contribution < -0.4 is 14.2 Å². The van der Waals surface area contributed by atoms with Gasteiger partial charge < -0.3 is 24.1 Å². The highest BCUT2D eigenvalue weighted by atomic mass is 16.7. The zero-order valence-electron chi connectivity index (χ0n) is 22.7. The fourth-order valence-corrected chi connectivity index (χ4v) is 4.07. The van der Waals surface area contributed by atoms with Crippen LogP contribution >= 0.6 is 0 Å². The molecule has 9 nitrogen and oxygen atoms in total. The quantitative estimate of drug-likeness (QED) is 0.141. The Bertz CT molecular complexity index is 1480. The highest BCUT2D eigenvalue weighted by molar-refractivity contribution is 5.92. The first-order chi connectivity index (χ1) is 19.4. The van der Waals surface area contributed by atoms with Gasteiger partial charge in [-0.3, -0.25) is 0 Å². The molecule has 1 atom stereocenters. The normalized spacial score (nSPS) is 11.4. The highest BCUT2D eigenvalue weighted by Gasteiger charge is 2.23. The van der Waals surface area contributed by atoms with Crippen LogP contribution in [0.15, 0.2) is 85.5 Å². The van der Waals surface area contributed by atoms with E-state index in [1.54, 1.807) is 0 Å². The van der Waals surface area contributed by atoms with Crippen molar-refractivity contribution in [3.8, 4) is 50.9 Å². The molecule has 4 rings (SSSR count). The SMILES string of the molecule is C=C(C)C(=O)OC(O)COc1cc(-c2ccccc2OCC)cc(-c2ccccc2OCC)c1-c1ncncn1. The van der Waals surface area contributed by atoms with Crippen molar-refractivity contribution in [1.82, 2.24) is 15.0 Å². The predicted octanol–water partition coefficient (Wildman–Crippen LogP) is 5.49. The van der Waals surface area contributed by atoms with E-state index in [1.165, 1.54) is 19.6 Å². The van der Waals surface area contributed by atoms with Gasteiger partial charge in [-0.25, -0.2) is 19.7 Å². The first kappa shape index (κ1) is 28.3. The van der Waals surface area contributed by atoms with Gasteiger partial charge in [-0.1, -0.05) is 43.0 Å². The van der Waals surface area contributed by atoms with Crippen molar-refractivity contribution >= 4 is 5.97 Å². The van der Waals surface area contributed by atoms with Gasteiger partial charge in [-0.2, -0.15) is 0 Å². The van der Waals surface area contributed by atoms with Gasteiger partial charge in [0, 0.05) is 22.3 Å². The minimum atomic E-state index is -1.53. The van der Waals surface area contributed by atoms with E-state index in [4.69, 9.17) is 18.9 Å². The molecule has 40 heavy (non-hydrogen) atoms. The molecule has 0 bridgehead atoms. The van der Waals surface area contributed by atoms with Crippen LogP contribution in [0.2, 0.25) is 0 Å². The Morgan fingerprint density at radius 3 is 2.08 bits per heavy atom. The summed E-state index contributed by atoms with van der Waals surface area (Å²) in [6.07, 6.45) is 1.26. The first-order valence-electron chi connectivity index (χ1n) is 12.8. The van der Waals surface area contributed by atoms with Crippen LogP contribution in [-0.4, -0.2) is 52.1 Å². The van der Waals surface area contributed by atoms with Gasteiger partial charge in [0.05, 0.1) is 18.8 Å². The second-order valence-electron chi connectivity index (χ2n) is 8.67. The lowest BCUT2D eigenvalue weighted by molar-refractivity contribution is -0.167. The van der Waals surface area contributed by atoms with Crippen LogP contribution in [0.25, 0.3) is 33.6 Å². The molecule has 0 spiro atoms. The third-order valence-electron chi connectivity index (χ3n) is 5.77. The van der Waals surface area contributed by atoms with Crippen LogP contribution in [0.4, 0.5) is 0 Å². The molecule has 3 aromatic carbocycles. The molecule has 0 amide bonds. The van der Waals surface area contributed by atoms with E-state index < -0.39 is 12.3 Å². The minimum absolute atomic E-state index is 0.161. The fraction of sp³-hybridized carbons (Fsp3) is 0.226. The molecular weight excluding hydrogens is 510 g/mol. The average Bonchev–Trinajstić information content (AvgIpc) is 2.97. The monoisotopic (exact) mass is 541 g/mol. The number of aliphatic hydroxyl groups excluding tert-OH is 1. The van der Waals surface area contributed by atoms with Gasteiger partial charge in [0.15, 0.2) is 12.4 Å². The number of esters is 1. The molecule has 206 valence electrons. The third-order valence-corrected chi connectivity index (χ3v) is 5.77. The lowest BCUT2D eigenvalue weighted by Crippen LogP contribution is -2.25. The maximum Gasteiger partial charge on any atom is 0.335 e. The molecular formula is C31H31N3O6. The maximum absolute atomic E-state index is 11.9. The molecule has 4 aromatic rings. The molecule has 0 aliphatic carbocycles. The summed E-state index contributed by atoms with van der Waals surface area (Å²) in [5.41, 5.74) is 3.84. The van der Waals surface area contributed by atoms with Gasteiger partial charge in [0.25, 0.3) is 0 Å². The lowest BCUT2D eigenvalue weighted by Gasteiger charge is -2.21. The predicted molar refractivity (Wildman–Crippen MR) is 151 cm³/mol. The second kappa shape index (κ2) is 13.3. The number of aliphatic hydroxyl groups is 1. The van der Waals surface area contributed by atoms with E-state index in [-0.39, 0.29) is 12.2 Å². The Balaban J connectivity index is 1.94. The molecule has 1 unspecified atom stereocenters.